The Morgan fingerprint density at radius 3 is 2.43 bits per heavy atom. The standard InChI is InChI=1S/C15H11BrN2O3/c16-12-7-5-10(6-8-12)14(19)18-17-9-11-3-1-2-4-13(11)15(20)21/h1-9H,(H,18,19)(H,20,21). The first-order chi connectivity index (χ1) is 10.1. The Morgan fingerprint density at radius 1 is 1.10 bits per heavy atom. The molecule has 2 rings (SSSR count). The normalized spacial score (nSPS) is 10.5. The number of benzene rings is 2. The van der Waals surface area contributed by atoms with E-state index in [0.29, 0.717) is 11.1 Å². The van der Waals surface area contributed by atoms with Crippen molar-refractivity contribution in [3.05, 3.63) is 69.7 Å². The van der Waals surface area contributed by atoms with Crippen LogP contribution in [0.1, 0.15) is 26.3 Å². The average molecular weight is 347 g/mol. The third-order valence-corrected chi connectivity index (χ3v) is 3.20. The van der Waals surface area contributed by atoms with E-state index in [-0.39, 0.29) is 11.5 Å². The number of carbonyl (C=O) groups excluding carboxylic acids is 1. The summed E-state index contributed by atoms with van der Waals surface area (Å²) in [6.45, 7) is 0. The molecule has 21 heavy (non-hydrogen) atoms. The van der Waals surface area contributed by atoms with Crippen molar-refractivity contribution in [2.45, 2.75) is 0 Å². The van der Waals surface area contributed by atoms with Crippen molar-refractivity contribution in [3.8, 4) is 0 Å². The van der Waals surface area contributed by atoms with Crippen molar-refractivity contribution in [1.82, 2.24) is 5.43 Å². The number of nitrogens with zero attached hydrogens (tertiary/aromatic N) is 1. The van der Waals surface area contributed by atoms with Gasteiger partial charge in [0.1, 0.15) is 0 Å². The lowest BCUT2D eigenvalue weighted by Gasteiger charge is -2.01. The van der Waals surface area contributed by atoms with E-state index in [1.54, 1.807) is 42.5 Å². The Balaban J connectivity index is 2.07. The van der Waals surface area contributed by atoms with E-state index in [4.69, 9.17) is 5.11 Å². The topological polar surface area (TPSA) is 78.8 Å². The maximum Gasteiger partial charge on any atom is 0.336 e. The van der Waals surface area contributed by atoms with Crippen LogP contribution in [0, 0.1) is 0 Å². The van der Waals surface area contributed by atoms with Gasteiger partial charge in [-0.15, -0.1) is 0 Å². The average Bonchev–Trinajstić information content (AvgIpc) is 2.48. The Morgan fingerprint density at radius 2 is 1.76 bits per heavy atom. The van der Waals surface area contributed by atoms with E-state index in [9.17, 15) is 9.59 Å². The van der Waals surface area contributed by atoms with Crippen molar-refractivity contribution >= 4 is 34.0 Å². The largest absolute Gasteiger partial charge is 0.478 e. The molecule has 0 saturated carbocycles. The van der Waals surface area contributed by atoms with Gasteiger partial charge in [-0.2, -0.15) is 5.10 Å². The van der Waals surface area contributed by atoms with Crippen LogP contribution in [0.15, 0.2) is 58.1 Å². The Labute approximate surface area is 129 Å². The molecule has 0 heterocycles. The zero-order valence-electron chi connectivity index (χ0n) is 10.8. The maximum absolute atomic E-state index is 11.8. The SMILES string of the molecule is O=C(NN=Cc1ccccc1C(=O)O)c1ccc(Br)cc1. The molecule has 1 amide bonds. The molecule has 2 N–H and O–H groups in total. The van der Waals surface area contributed by atoms with E-state index in [2.05, 4.69) is 26.5 Å². The van der Waals surface area contributed by atoms with Crippen molar-refractivity contribution < 1.29 is 14.7 Å². The number of aromatic carboxylic acids is 1. The van der Waals surface area contributed by atoms with E-state index in [1.165, 1.54) is 12.3 Å². The summed E-state index contributed by atoms with van der Waals surface area (Å²) in [7, 11) is 0. The fraction of sp³-hybridized carbons (Fsp3) is 0. The second kappa shape index (κ2) is 6.81. The van der Waals surface area contributed by atoms with Crippen LogP contribution >= 0.6 is 15.9 Å². The zero-order chi connectivity index (χ0) is 15.2. The van der Waals surface area contributed by atoms with Crippen molar-refractivity contribution in [2.24, 2.45) is 5.10 Å². The highest BCUT2D eigenvalue weighted by Gasteiger charge is 2.07. The number of carboxylic acids is 1. The Bertz CT molecular complexity index is 696. The molecule has 0 bridgehead atoms. The summed E-state index contributed by atoms with van der Waals surface area (Å²) in [5, 5.41) is 12.8. The first kappa shape index (κ1) is 14.9. The Hall–Kier alpha value is -2.47. The van der Waals surface area contributed by atoms with Crippen LogP contribution in [0.4, 0.5) is 0 Å². The van der Waals surface area contributed by atoms with Gasteiger partial charge in [0, 0.05) is 15.6 Å². The third kappa shape index (κ3) is 4.00. The summed E-state index contributed by atoms with van der Waals surface area (Å²) in [6.07, 6.45) is 1.31. The number of nitrogens with one attached hydrogen (secondary N) is 1. The zero-order valence-corrected chi connectivity index (χ0v) is 12.4. The van der Waals surface area contributed by atoms with Gasteiger partial charge in [-0.3, -0.25) is 4.79 Å². The second-order valence-electron chi connectivity index (χ2n) is 4.10. The van der Waals surface area contributed by atoms with Crippen LogP contribution in [0.25, 0.3) is 0 Å². The van der Waals surface area contributed by atoms with Gasteiger partial charge in [0.25, 0.3) is 5.91 Å². The molecule has 5 nitrogen and oxygen atoms in total. The van der Waals surface area contributed by atoms with Crippen LogP contribution in [-0.2, 0) is 0 Å². The first-order valence-corrected chi connectivity index (χ1v) is 6.78. The van der Waals surface area contributed by atoms with Gasteiger partial charge in [0.15, 0.2) is 0 Å². The number of amides is 1. The van der Waals surface area contributed by atoms with Gasteiger partial charge in [0.05, 0.1) is 11.8 Å². The molecule has 0 saturated heterocycles. The number of carboxylic acid groups (broad SMARTS) is 1. The quantitative estimate of drug-likeness (QED) is 0.659. The molecule has 0 radical (unpaired) electrons. The lowest BCUT2D eigenvalue weighted by Crippen LogP contribution is -2.17. The Kier molecular flexibility index (Phi) is 4.84. The summed E-state index contributed by atoms with van der Waals surface area (Å²) in [4.78, 5) is 22.8. The van der Waals surface area contributed by atoms with Gasteiger partial charge >= 0.3 is 5.97 Å². The van der Waals surface area contributed by atoms with Gasteiger partial charge in [-0.05, 0) is 30.3 Å². The molecular formula is C15H11BrN2O3. The number of carbonyl (C=O) groups is 2. The molecule has 2 aromatic carbocycles. The summed E-state index contributed by atoms with van der Waals surface area (Å²) in [5.74, 6) is -1.41. The molecule has 0 aromatic heterocycles. The van der Waals surface area contributed by atoms with Crippen LogP contribution in [-0.4, -0.2) is 23.2 Å². The van der Waals surface area contributed by atoms with Crippen LogP contribution < -0.4 is 5.43 Å². The number of halogens is 1. The smallest absolute Gasteiger partial charge is 0.336 e. The number of hydrogen-bond donors (Lipinski definition) is 2. The van der Waals surface area contributed by atoms with Crippen LogP contribution in [0.3, 0.4) is 0 Å². The molecule has 0 spiro atoms. The summed E-state index contributed by atoms with van der Waals surface area (Å²) in [5.41, 5.74) is 3.36. The fourth-order valence-corrected chi connectivity index (χ4v) is 1.89. The highest BCUT2D eigenvalue weighted by molar-refractivity contribution is 9.10. The lowest BCUT2D eigenvalue weighted by molar-refractivity contribution is 0.0696. The van der Waals surface area contributed by atoms with Crippen molar-refractivity contribution in [3.63, 3.8) is 0 Å². The molecule has 2 aromatic rings. The fourth-order valence-electron chi connectivity index (χ4n) is 1.63. The molecule has 0 aliphatic rings. The van der Waals surface area contributed by atoms with Gasteiger partial charge in [-0.1, -0.05) is 34.1 Å². The minimum absolute atomic E-state index is 0.124. The van der Waals surface area contributed by atoms with E-state index >= 15 is 0 Å². The molecule has 0 unspecified atom stereocenters. The highest BCUT2D eigenvalue weighted by Crippen LogP contribution is 2.10. The van der Waals surface area contributed by atoms with E-state index < -0.39 is 5.97 Å². The maximum atomic E-state index is 11.8. The first-order valence-electron chi connectivity index (χ1n) is 5.99. The summed E-state index contributed by atoms with van der Waals surface area (Å²) in [6, 6.07) is 13.2. The second-order valence-corrected chi connectivity index (χ2v) is 5.01. The molecule has 0 aliphatic carbocycles. The molecule has 106 valence electrons. The van der Waals surface area contributed by atoms with Gasteiger partial charge in [0.2, 0.25) is 0 Å². The molecule has 0 fully saturated rings. The predicted molar refractivity (Wildman–Crippen MR) is 82.6 cm³/mol. The minimum atomic E-state index is -1.05. The van der Waals surface area contributed by atoms with Crippen molar-refractivity contribution in [2.75, 3.05) is 0 Å². The highest BCUT2D eigenvalue weighted by atomic mass is 79.9. The van der Waals surface area contributed by atoms with E-state index in [1.807, 2.05) is 0 Å². The molecule has 0 atom stereocenters. The number of hydrazone groups is 1. The molecule has 6 heteroatoms. The van der Waals surface area contributed by atoms with E-state index in [0.717, 1.165) is 4.47 Å². The summed E-state index contributed by atoms with van der Waals surface area (Å²) < 4.78 is 0.873. The van der Waals surface area contributed by atoms with Crippen LogP contribution in [0.2, 0.25) is 0 Å². The van der Waals surface area contributed by atoms with Gasteiger partial charge < -0.3 is 5.11 Å². The monoisotopic (exact) mass is 346 g/mol. The molecular weight excluding hydrogens is 336 g/mol. The minimum Gasteiger partial charge on any atom is -0.478 e. The predicted octanol–water partition coefficient (Wildman–Crippen LogP) is 2.91. The number of hydrogen-bond acceptors (Lipinski definition) is 3. The van der Waals surface area contributed by atoms with Gasteiger partial charge in [-0.25, -0.2) is 10.2 Å². The van der Waals surface area contributed by atoms with Crippen LogP contribution in [0.5, 0.6) is 0 Å². The third-order valence-electron chi connectivity index (χ3n) is 2.67. The van der Waals surface area contributed by atoms with Crippen molar-refractivity contribution in [1.29, 1.82) is 0 Å². The number of rotatable bonds is 4. The molecule has 0 aliphatic heterocycles. The summed E-state index contributed by atoms with van der Waals surface area (Å²) >= 11 is 3.28. The lowest BCUT2D eigenvalue weighted by atomic mass is 10.1.